The van der Waals surface area contributed by atoms with Gasteiger partial charge >= 0.3 is 0 Å². The zero-order chi connectivity index (χ0) is 22.5. The van der Waals surface area contributed by atoms with E-state index >= 15 is 0 Å². The number of halogens is 2. The standard InChI is InChI=1S/C25H31Cl2N3O2/c26-20-3-1-2-19(16-20)25(32)28-23-17-21(27)4-5-24(23)30-14-7-18(8-15-30)6-11-29-12-9-22(31)10-13-29/h1-5,16-18,22,31H,6-15H2,(H,28,32). The van der Waals surface area contributed by atoms with Crippen LogP contribution in [0.2, 0.25) is 10.0 Å². The van der Waals surface area contributed by atoms with Gasteiger partial charge in [0, 0.05) is 41.8 Å². The quantitative estimate of drug-likeness (QED) is 0.594. The van der Waals surface area contributed by atoms with E-state index in [1.807, 2.05) is 18.2 Å². The highest BCUT2D eigenvalue weighted by Gasteiger charge is 2.24. The molecule has 0 bridgehead atoms. The van der Waals surface area contributed by atoms with E-state index in [1.54, 1.807) is 24.3 Å². The molecule has 4 rings (SSSR count). The van der Waals surface area contributed by atoms with E-state index < -0.39 is 0 Å². The molecule has 0 aliphatic carbocycles. The van der Waals surface area contributed by atoms with Crippen LogP contribution in [0.5, 0.6) is 0 Å². The van der Waals surface area contributed by atoms with Crippen LogP contribution < -0.4 is 10.2 Å². The van der Waals surface area contributed by atoms with Crippen molar-refractivity contribution in [2.24, 2.45) is 5.92 Å². The van der Waals surface area contributed by atoms with Gasteiger partial charge in [0.15, 0.2) is 0 Å². The number of aliphatic hydroxyl groups is 1. The van der Waals surface area contributed by atoms with Gasteiger partial charge in [-0.3, -0.25) is 4.79 Å². The van der Waals surface area contributed by atoms with E-state index in [9.17, 15) is 9.90 Å². The first kappa shape index (κ1) is 23.4. The molecule has 2 aliphatic rings. The molecule has 0 atom stereocenters. The number of likely N-dealkylation sites (tertiary alicyclic amines) is 1. The van der Waals surface area contributed by atoms with Crippen molar-refractivity contribution in [3.05, 3.63) is 58.1 Å². The zero-order valence-electron chi connectivity index (χ0n) is 18.3. The Morgan fingerprint density at radius 3 is 2.41 bits per heavy atom. The first-order valence-electron chi connectivity index (χ1n) is 11.5. The molecule has 2 aliphatic heterocycles. The summed E-state index contributed by atoms with van der Waals surface area (Å²) in [4.78, 5) is 17.6. The number of hydrogen-bond donors (Lipinski definition) is 2. The lowest BCUT2D eigenvalue weighted by molar-refractivity contribution is 0.0791. The van der Waals surface area contributed by atoms with E-state index in [4.69, 9.17) is 23.2 Å². The van der Waals surface area contributed by atoms with Crippen LogP contribution in [0.3, 0.4) is 0 Å². The SMILES string of the molecule is O=C(Nc1cc(Cl)ccc1N1CCC(CCN2CCC(O)CC2)CC1)c1cccc(Cl)c1. The van der Waals surface area contributed by atoms with Gasteiger partial charge < -0.3 is 20.2 Å². The fourth-order valence-electron chi connectivity index (χ4n) is 4.68. The minimum Gasteiger partial charge on any atom is -0.393 e. The van der Waals surface area contributed by atoms with Crippen LogP contribution in [0.15, 0.2) is 42.5 Å². The topological polar surface area (TPSA) is 55.8 Å². The number of hydrogen-bond acceptors (Lipinski definition) is 4. The minimum atomic E-state index is -0.197. The van der Waals surface area contributed by atoms with Crippen molar-refractivity contribution in [2.45, 2.75) is 38.2 Å². The Labute approximate surface area is 200 Å². The van der Waals surface area contributed by atoms with Gasteiger partial charge in [-0.2, -0.15) is 0 Å². The molecule has 0 unspecified atom stereocenters. The third-order valence-corrected chi connectivity index (χ3v) is 7.13. The van der Waals surface area contributed by atoms with E-state index in [2.05, 4.69) is 15.1 Å². The second kappa shape index (κ2) is 10.9. The molecule has 0 radical (unpaired) electrons. The Hall–Kier alpha value is -1.79. The number of rotatable bonds is 6. The van der Waals surface area contributed by atoms with E-state index in [0.29, 0.717) is 15.6 Å². The van der Waals surface area contributed by atoms with Crippen LogP contribution in [-0.4, -0.2) is 54.7 Å². The number of anilines is 2. The van der Waals surface area contributed by atoms with Gasteiger partial charge in [-0.15, -0.1) is 0 Å². The number of piperidine rings is 2. The smallest absolute Gasteiger partial charge is 0.255 e. The maximum absolute atomic E-state index is 12.8. The second-order valence-electron chi connectivity index (χ2n) is 8.92. The van der Waals surface area contributed by atoms with Gasteiger partial charge in [0.25, 0.3) is 5.91 Å². The number of carbonyl (C=O) groups excluding carboxylic acids is 1. The van der Waals surface area contributed by atoms with Crippen LogP contribution in [0.4, 0.5) is 11.4 Å². The number of nitrogens with zero attached hydrogens (tertiary/aromatic N) is 2. The first-order chi connectivity index (χ1) is 15.5. The van der Waals surface area contributed by atoms with Crippen molar-refractivity contribution in [2.75, 3.05) is 42.9 Å². The summed E-state index contributed by atoms with van der Waals surface area (Å²) >= 11 is 12.3. The zero-order valence-corrected chi connectivity index (χ0v) is 19.8. The summed E-state index contributed by atoms with van der Waals surface area (Å²) in [5, 5.41) is 13.8. The summed E-state index contributed by atoms with van der Waals surface area (Å²) in [6.45, 7) is 5.08. The van der Waals surface area contributed by atoms with Crippen molar-refractivity contribution in [3.8, 4) is 0 Å². The van der Waals surface area contributed by atoms with Gasteiger partial charge in [0.05, 0.1) is 17.5 Å². The molecular weight excluding hydrogens is 445 g/mol. The lowest BCUT2D eigenvalue weighted by atomic mass is 9.92. The second-order valence-corrected chi connectivity index (χ2v) is 9.79. The molecule has 172 valence electrons. The van der Waals surface area contributed by atoms with Gasteiger partial charge in [-0.05, 0) is 81.0 Å². The summed E-state index contributed by atoms with van der Waals surface area (Å²) in [5.74, 6) is 0.521. The molecule has 5 nitrogen and oxygen atoms in total. The van der Waals surface area contributed by atoms with Crippen LogP contribution in [0, 0.1) is 5.92 Å². The number of benzene rings is 2. The first-order valence-corrected chi connectivity index (χ1v) is 12.3. The molecule has 2 saturated heterocycles. The molecule has 1 amide bonds. The monoisotopic (exact) mass is 475 g/mol. The Morgan fingerprint density at radius 2 is 1.69 bits per heavy atom. The van der Waals surface area contributed by atoms with Gasteiger partial charge in [-0.1, -0.05) is 29.3 Å². The van der Waals surface area contributed by atoms with Gasteiger partial charge in [-0.25, -0.2) is 0 Å². The normalized spacial score (nSPS) is 18.7. The van der Waals surface area contributed by atoms with Gasteiger partial charge in [0.1, 0.15) is 0 Å². The predicted octanol–water partition coefficient (Wildman–Crippen LogP) is 5.31. The Bertz CT molecular complexity index is 923. The molecule has 2 heterocycles. The lowest BCUT2D eigenvalue weighted by Gasteiger charge is -2.36. The highest BCUT2D eigenvalue weighted by Crippen LogP contribution is 2.33. The maximum atomic E-state index is 12.8. The minimum absolute atomic E-state index is 0.109. The van der Waals surface area contributed by atoms with Crippen molar-refractivity contribution in [1.29, 1.82) is 0 Å². The molecule has 32 heavy (non-hydrogen) atoms. The summed E-state index contributed by atoms with van der Waals surface area (Å²) in [5.41, 5.74) is 2.26. The van der Waals surface area contributed by atoms with Crippen molar-refractivity contribution < 1.29 is 9.90 Å². The van der Waals surface area contributed by atoms with E-state index in [0.717, 1.165) is 75.7 Å². The third kappa shape index (κ3) is 6.16. The lowest BCUT2D eigenvalue weighted by Crippen LogP contribution is -2.39. The maximum Gasteiger partial charge on any atom is 0.255 e. The number of nitrogens with one attached hydrogen (secondary N) is 1. The summed E-state index contributed by atoms with van der Waals surface area (Å²) in [6.07, 6.45) is 5.18. The molecule has 0 saturated carbocycles. The van der Waals surface area contributed by atoms with Crippen LogP contribution in [0.25, 0.3) is 0 Å². The highest BCUT2D eigenvalue weighted by molar-refractivity contribution is 6.31. The van der Waals surface area contributed by atoms with Crippen LogP contribution in [0.1, 0.15) is 42.5 Å². The summed E-state index contributed by atoms with van der Waals surface area (Å²) < 4.78 is 0. The predicted molar refractivity (Wildman–Crippen MR) is 132 cm³/mol. The molecule has 2 N–H and O–H groups in total. The molecule has 0 aromatic heterocycles. The van der Waals surface area contributed by atoms with Crippen LogP contribution in [-0.2, 0) is 0 Å². The van der Waals surface area contributed by atoms with E-state index in [-0.39, 0.29) is 12.0 Å². The Balaban J connectivity index is 1.34. The summed E-state index contributed by atoms with van der Waals surface area (Å²) in [6, 6.07) is 12.6. The largest absolute Gasteiger partial charge is 0.393 e. The highest BCUT2D eigenvalue weighted by atomic mass is 35.5. The molecule has 2 aromatic carbocycles. The average Bonchev–Trinajstić information content (AvgIpc) is 2.79. The summed E-state index contributed by atoms with van der Waals surface area (Å²) in [7, 11) is 0. The number of carbonyl (C=O) groups is 1. The fourth-order valence-corrected chi connectivity index (χ4v) is 5.04. The van der Waals surface area contributed by atoms with Crippen molar-refractivity contribution in [1.82, 2.24) is 4.90 Å². The Morgan fingerprint density at radius 1 is 0.969 bits per heavy atom. The Kier molecular flexibility index (Phi) is 7.95. The molecular formula is C25H31Cl2N3O2. The van der Waals surface area contributed by atoms with Crippen LogP contribution >= 0.6 is 23.2 Å². The molecule has 7 heteroatoms. The van der Waals surface area contributed by atoms with Crippen molar-refractivity contribution >= 4 is 40.5 Å². The number of amides is 1. The number of aliphatic hydroxyl groups excluding tert-OH is 1. The van der Waals surface area contributed by atoms with Crippen molar-refractivity contribution in [3.63, 3.8) is 0 Å². The molecule has 2 aromatic rings. The third-order valence-electron chi connectivity index (χ3n) is 6.66. The molecule has 0 spiro atoms. The fraction of sp³-hybridized carbons (Fsp3) is 0.480. The van der Waals surface area contributed by atoms with Gasteiger partial charge in [0.2, 0.25) is 0 Å². The van der Waals surface area contributed by atoms with E-state index in [1.165, 1.54) is 6.42 Å². The average molecular weight is 476 g/mol. The molecule has 2 fully saturated rings.